The van der Waals surface area contributed by atoms with Gasteiger partial charge in [-0.1, -0.05) is 18.2 Å². The number of H-pyrrole nitrogens is 1. The van der Waals surface area contributed by atoms with Crippen molar-refractivity contribution in [1.29, 1.82) is 0 Å². The van der Waals surface area contributed by atoms with Crippen molar-refractivity contribution in [1.82, 2.24) is 15.3 Å². The molecule has 2 N–H and O–H groups in total. The second-order valence-corrected chi connectivity index (χ2v) is 5.48. The lowest BCUT2D eigenvalue weighted by molar-refractivity contribution is 0.414. The van der Waals surface area contributed by atoms with E-state index < -0.39 is 0 Å². The van der Waals surface area contributed by atoms with Crippen LogP contribution in [-0.2, 0) is 13.0 Å². The Bertz CT molecular complexity index is 747. The van der Waals surface area contributed by atoms with Crippen LogP contribution in [0, 0.1) is 6.92 Å². The first-order valence-electron chi connectivity index (χ1n) is 7.53. The summed E-state index contributed by atoms with van der Waals surface area (Å²) in [6.07, 6.45) is 0.893. The van der Waals surface area contributed by atoms with Gasteiger partial charge >= 0.3 is 0 Å². The number of aromatic nitrogens is 2. The normalized spacial score (nSPS) is 11.0. The Morgan fingerprint density at radius 1 is 1.14 bits per heavy atom. The predicted octanol–water partition coefficient (Wildman–Crippen LogP) is 3.21. The van der Waals surface area contributed by atoms with E-state index in [1.807, 2.05) is 12.1 Å². The third-order valence-electron chi connectivity index (χ3n) is 3.71. The van der Waals surface area contributed by atoms with Gasteiger partial charge in [0.25, 0.3) is 0 Å². The molecule has 0 atom stereocenters. The van der Waals surface area contributed by atoms with E-state index in [1.165, 1.54) is 11.1 Å². The van der Waals surface area contributed by atoms with Crippen LogP contribution in [-0.4, -0.2) is 23.6 Å². The number of fused-ring (bicyclic) bond motifs is 1. The van der Waals surface area contributed by atoms with Crippen molar-refractivity contribution < 1.29 is 4.74 Å². The van der Waals surface area contributed by atoms with Gasteiger partial charge in [0, 0.05) is 19.5 Å². The Balaban J connectivity index is 1.51. The summed E-state index contributed by atoms with van der Waals surface area (Å²) in [6, 6.07) is 14.4. The number of rotatable bonds is 6. The second kappa shape index (κ2) is 6.62. The SMILES string of the molecule is COc1ccc(CNCCc2nc3ccc(C)cc3[nH]2)cc1. The summed E-state index contributed by atoms with van der Waals surface area (Å²) in [5, 5.41) is 3.44. The largest absolute Gasteiger partial charge is 0.497 e. The zero-order valence-electron chi connectivity index (χ0n) is 13.0. The average Bonchev–Trinajstić information content (AvgIpc) is 2.94. The molecular weight excluding hydrogens is 274 g/mol. The van der Waals surface area contributed by atoms with Gasteiger partial charge in [-0.25, -0.2) is 4.98 Å². The van der Waals surface area contributed by atoms with E-state index in [0.717, 1.165) is 42.1 Å². The maximum Gasteiger partial charge on any atom is 0.118 e. The number of hydrogen-bond donors (Lipinski definition) is 2. The van der Waals surface area contributed by atoms with Crippen LogP contribution in [0.15, 0.2) is 42.5 Å². The molecule has 1 aromatic heterocycles. The van der Waals surface area contributed by atoms with Crippen molar-refractivity contribution in [3.05, 3.63) is 59.4 Å². The topological polar surface area (TPSA) is 49.9 Å². The molecule has 4 heteroatoms. The van der Waals surface area contributed by atoms with Crippen LogP contribution >= 0.6 is 0 Å². The smallest absolute Gasteiger partial charge is 0.118 e. The number of hydrogen-bond acceptors (Lipinski definition) is 3. The molecule has 0 unspecified atom stereocenters. The predicted molar refractivity (Wildman–Crippen MR) is 89.2 cm³/mol. The Hall–Kier alpha value is -2.33. The van der Waals surface area contributed by atoms with Crippen molar-refractivity contribution in [3.63, 3.8) is 0 Å². The molecule has 0 bridgehead atoms. The summed E-state index contributed by atoms with van der Waals surface area (Å²) in [6.45, 7) is 3.84. The van der Waals surface area contributed by atoms with E-state index in [2.05, 4.69) is 52.5 Å². The molecule has 0 aliphatic heterocycles. The van der Waals surface area contributed by atoms with E-state index in [-0.39, 0.29) is 0 Å². The van der Waals surface area contributed by atoms with Crippen LogP contribution in [0.4, 0.5) is 0 Å². The van der Waals surface area contributed by atoms with Crippen molar-refractivity contribution >= 4 is 11.0 Å². The quantitative estimate of drug-likeness (QED) is 0.687. The minimum atomic E-state index is 0.851. The molecule has 0 amide bonds. The first kappa shape index (κ1) is 14.6. The molecule has 0 spiro atoms. The average molecular weight is 295 g/mol. The number of nitrogens with zero attached hydrogens (tertiary/aromatic N) is 1. The van der Waals surface area contributed by atoms with Crippen LogP contribution < -0.4 is 10.1 Å². The molecule has 3 rings (SSSR count). The van der Waals surface area contributed by atoms with Crippen LogP contribution in [0.5, 0.6) is 5.75 Å². The zero-order valence-corrected chi connectivity index (χ0v) is 13.0. The van der Waals surface area contributed by atoms with E-state index in [9.17, 15) is 0 Å². The number of methoxy groups -OCH3 is 1. The lowest BCUT2D eigenvalue weighted by Crippen LogP contribution is -2.17. The lowest BCUT2D eigenvalue weighted by atomic mass is 10.2. The van der Waals surface area contributed by atoms with Crippen molar-refractivity contribution in [2.24, 2.45) is 0 Å². The highest BCUT2D eigenvalue weighted by Crippen LogP contribution is 2.13. The fraction of sp³-hybridized carbons (Fsp3) is 0.278. The fourth-order valence-corrected chi connectivity index (χ4v) is 2.48. The summed E-state index contributed by atoms with van der Waals surface area (Å²) < 4.78 is 5.16. The molecule has 0 aliphatic carbocycles. The van der Waals surface area contributed by atoms with Gasteiger partial charge in [-0.15, -0.1) is 0 Å². The van der Waals surface area contributed by atoms with E-state index in [0.29, 0.717) is 0 Å². The third kappa shape index (κ3) is 3.46. The molecule has 4 nitrogen and oxygen atoms in total. The number of ether oxygens (including phenoxy) is 1. The van der Waals surface area contributed by atoms with Crippen LogP contribution in [0.1, 0.15) is 17.0 Å². The minimum absolute atomic E-state index is 0.851. The van der Waals surface area contributed by atoms with Crippen LogP contribution in [0.3, 0.4) is 0 Å². The highest BCUT2D eigenvalue weighted by atomic mass is 16.5. The van der Waals surface area contributed by atoms with Gasteiger partial charge in [0.2, 0.25) is 0 Å². The van der Waals surface area contributed by atoms with E-state index >= 15 is 0 Å². The standard InChI is InChI=1S/C18H21N3O/c1-13-3-8-16-17(11-13)21-18(20-16)9-10-19-12-14-4-6-15(22-2)7-5-14/h3-8,11,19H,9-10,12H2,1-2H3,(H,20,21). The van der Waals surface area contributed by atoms with Gasteiger partial charge < -0.3 is 15.0 Å². The molecule has 0 saturated heterocycles. The number of aromatic amines is 1. The van der Waals surface area contributed by atoms with E-state index in [4.69, 9.17) is 4.74 Å². The van der Waals surface area contributed by atoms with Crippen LogP contribution in [0.25, 0.3) is 11.0 Å². The summed E-state index contributed by atoms with van der Waals surface area (Å²) in [5.74, 6) is 1.92. The molecule has 0 fully saturated rings. The van der Waals surface area contributed by atoms with Crippen molar-refractivity contribution in [2.75, 3.05) is 13.7 Å². The Morgan fingerprint density at radius 3 is 2.73 bits per heavy atom. The number of imidazole rings is 1. The lowest BCUT2D eigenvalue weighted by Gasteiger charge is -2.05. The maximum atomic E-state index is 5.16. The summed E-state index contributed by atoms with van der Waals surface area (Å²) in [4.78, 5) is 7.99. The van der Waals surface area contributed by atoms with Gasteiger partial charge in [-0.3, -0.25) is 0 Å². The third-order valence-corrected chi connectivity index (χ3v) is 3.71. The Morgan fingerprint density at radius 2 is 1.95 bits per heavy atom. The summed E-state index contributed by atoms with van der Waals surface area (Å²) in [5.41, 5.74) is 4.65. The summed E-state index contributed by atoms with van der Waals surface area (Å²) in [7, 11) is 1.68. The number of benzene rings is 2. The van der Waals surface area contributed by atoms with Gasteiger partial charge in [0.1, 0.15) is 11.6 Å². The molecule has 0 saturated carbocycles. The molecular formula is C18H21N3O. The van der Waals surface area contributed by atoms with Gasteiger partial charge in [0.15, 0.2) is 0 Å². The Kier molecular flexibility index (Phi) is 4.39. The highest BCUT2D eigenvalue weighted by Gasteiger charge is 2.02. The van der Waals surface area contributed by atoms with Crippen molar-refractivity contribution in [3.8, 4) is 5.75 Å². The maximum absolute atomic E-state index is 5.16. The van der Waals surface area contributed by atoms with Gasteiger partial charge in [0.05, 0.1) is 18.1 Å². The first-order valence-corrected chi connectivity index (χ1v) is 7.53. The molecule has 2 aromatic carbocycles. The van der Waals surface area contributed by atoms with Crippen LogP contribution in [0.2, 0.25) is 0 Å². The summed E-state index contributed by atoms with van der Waals surface area (Å²) >= 11 is 0. The number of aryl methyl sites for hydroxylation is 1. The van der Waals surface area contributed by atoms with Crippen molar-refractivity contribution in [2.45, 2.75) is 19.9 Å². The fourth-order valence-electron chi connectivity index (χ4n) is 2.48. The molecule has 0 aliphatic rings. The zero-order chi connectivity index (χ0) is 15.4. The minimum Gasteiger partial charge on any atom is -0.497 e. The molecule has 22 heavy (non-hydrogen) atoms. The molecule has 1 heterocycles. The Labute approximate surface area is 130 Å². The molecule has 114 valence electrons. The van der Waals surface area contributed by atoms with E-state index in [1.54, 1.807) is 7.11 Å². The highest BCUT2D eigenvalue weighted by molar-refractivity contribution is 5.75. The van der Waals surface area contributed by atoms with Gasteiger partial charge in [-0.05, 0) is 42.3 Å². The van der Waals surface area contributed by atoms with Gasteiger partial charge in [-0.2, -0.15) is 0 Å². The monoisotopic (exact) mass is 295 g/mol. The molecule has 0 radical (unpaired) electrons. The molecule has 3 aromatic rings. The number of nitrogens with one attached hydrogen (secondary N) is 2. The second-order valence-electron chi connectivity index (χ2n) is 5.48. The first-order chi connectivity index (χ1) is 10.7.